The Morgan fingerprint density at radius 3 is 2.53 bits per heavy atom. The van der Waals surface area contributed by atoms with Crippen LogP contribution < -0.4 is 10.2 Å². The Morgan fingerprint density at radius 2 is 1.91 bits per heavy atom. The average molecular weight is 467 g/mol. The molecule has 2 aromatic carbocycles. The number of rotatable bonds is 6. The van der Waals surface area contributed by atoms with Crippen molar-refractivity contribution in [2.75, 3.05) is 25.0 Å². The van der Waals surface area contributed by atoms with Gasteiger partial charge in [-0.25, -0.2) is 18.9 Å². The number of nitrogens with one attached hydrogen (secondary N) is 1. The third-order valence-corrected chi connectivity index (χ3v) is 6.18. The molecule has 1 aliphatic heterocycles. The van der Waals surface area contributed by atoms with Gasteiger partial charge in [0.15, 0.2) is 0 Å². The highest BCUT2D eigenvalue weighted by Gasteiger charge is 2.24. The van der Waals surface area contributed by atoms with Crippen molar-refractivity contribution in [1.29, 1.82) is 0 Å². The number of aromatic nitrogens is 3. The molecule has 1 aliphatic rings. The van der Waals surface area contributed by atoms with Crippen molar-refractivity contribution in [1.82, 2.24) is 25.0 Å². The molecule has 0 aliphatic carbocycles. The van der Waals surface area contributed by atoms with E-state index in [0.29, 0.717) is 24.3 Å². The topological polar surface area (TPSA) is 75.5 Å². The maximum atomic E-state index is 14.8. The van der Waals surface area contributed by atoms with E-state index in [1.165, 1.54) is 12.4 Å². The minimum absolute atomic E-state index is 0.0541. The van der Waals surface area contributed by atoms with Crippen molar-refractivity contribution in [3.8, 4) is 5.69 Å². The maximum Gasteiger partial charge on any atom is 0.317 e. The van der Waals surface area contributed by atoms with Crippen LogP contribution in [0.25, 0.3) is 5.69 Å². The molecule has 2 heterocycles. The van der Waals surface area contributed by atoms with E-state index in [9.17, 15) is 9.18 Å². The quantitative estimate of drug-likeness (QED) is 0.596. The van der Waals surface area contributed by atoms with Gasteiger partial charge in [-0.15, -0.1) is 0 Å². The average Bonchev–Trinajstić information content (AvgIpc) is 3.36. The summed E-state index contributed by atoms with van der Waals surface area (Å²) in [5.41, 5.74) is 3.16. The van der Waals surface area contributed by atoms with Crippen LogP contribution in [0.2, 0.25) is 0 Å². The lowest BCUT2D eigenvalue weighted by molar-refractivity contribution is -0.00539. The smallest absolute Gasteiger partial charge is 0.317 e. The van der Waals surface area contributed by atoms with Crippen LogP contribution in [0.3, 0.4) is 0 Å². The van der Waals surface area contributed by atoms with Gasteiger partial charge in [-0.1, -0.05) is 18.2 Å². The Hall–Kier alpha value is -3.46. The van der Waals surface area contributed by atoms with Gasteiger partial charge < -0.3 is 19.9 Å². The molecule has 8 nitrogen and oxygen atoms in total. The molecule has 4 rings (SSSR count). The van der Waals surface area contributed by atoms with E-state index in [4.69, 9.17) is 4.74 Å². The molecule has 0 spiro atoms. The van der Waals surface area contributed by atoms with Crippen LogP contribution in [0.5, 0.6) is 0 Å². The third-order valence-electron chi connectivity index (χ3n) is 6.18. The van der Waals surface area contributed by atoms with Gasteiger partial charge in [0.25, 0.3) is 0 Å². The van der Waals surface area contributed by atoms with E-state index in [1.807, 2.05) is 56.0 Å². The van der Waals surface area contributed by atoms with E-state index in [1.54, 1.807) is 29.0 Å². The number of carbonyl (C=O) groups is 1. The van der Waals surface area contributed by atoms with Crippen molar-refractivity contribution in [3.63, 3.8) is 0 Å². The number of amides is 2. The summed E-state index contributed by atoms with van der Waals surface area (Å²) in [6.45, 7) is 7.50. The van der Waals surface area contributed by atoms with Gasteiger partial charge >= 0.3 is 6.03 Å². The van der Waals surface area contributed by atoms with Gasteiger partial charge in [0.2, 0.25) is 0 Å². The predicted molar refractivity (Wildman–Crippen MR) is 128 cm³/mol. The highest BCUT2D eigenvalue weighted by atomic mass is 19.1. The molecule has 1 aromatic heterocycles. The fraction of sp³-hybridized carbons (Fsp3) is 0.400. The number of urea groups is 1. The van der Waals surface area contributed by atoms with Gasteiger partial charge in [-0.3, -0.25) is 0 Å². The van der Waals surface area contributed by atoms with Crippen molar-refractivity contribution in [2.24, 2.45) is 0 Å². The Kier molecular flexibility index (Phi) is 7.12. The molecule has 1 fully saturated rings. The van der Waals surface area contributed by atoms with Crippen LogP contribution in [0.4, 0.5) is 14.9 Å². The van der Waals surface area contributed by atoms with Crippen LogP contribution in [0.15, 0.2) is 55.1 Å². The summed E-state index contributed by atoms with van der Waals surface area (Å²) in [7, 11) is 1.75. The predicted octanol–water partition coefficient (Wildman–Crippen LogP) is 3.92. The number of nitrogens with zero attached hydrogens (tertiary/aromatic N) is 5. The van der Waals surface area contributed by atoms with Crippen molar-refractivity contribution in [2.45, 2.75) is 45.6 Å². The van der Waals surface area contributed by atoms with Crippen molar-refractivity contribution >= 4 is 11.7 Å². The summed E-state index contributed by atoms with van der Waals surface area (Å²) in [6.07, 6.45) is 3.23. The number of hydrogen-bond donors (Lipinski definition) is 1. The first-order valence-corrected chi connectivity index (χ1v) is 11.5. The highest BCUT2D eigenvalue weighted by molar-refractivity contribution is 5.74. The van der Waals surface area contributed by atoms with Gasteiger partial charge in [0.1, 0.15) is 18.5 Å². The molecule has 0 bridgehead atoms. The van der Waals surface area contributed by atoms with Crippen molar-refractivity contribution in [3.05, 3.63) is 72.1 Å². The lowest BCUT2D eigenvalue weighted by Crippen LogP contribution is -2.45. The van der Waals surface area contributed by atoms with E-state index in [-0.39, 0.29) is 36.6 Å². The molecular weight excluding hydrogens is 435 g/mol. The van der Waals surface area contributed by atoms with Gasteiger partial charge in [0, 0.05) is 26.7 Å². The Morgan fingerprint density at radius 1 is 1.21 bits per heavy atom. The zero-order valence-electron chi connectivity index (χ0n) is 20.0. The van der Waals surface area contributed by atoms with E-state index in [0.717, 1.165) is 11.3 Å². The zero-order chi connectivity index (χ0) is 24.2. The largest absolute Gasteiger partial charge is 0.372 e. The van der Waals surface area contributed by atoms with Gasteiger partial charge in [0.05, 0.1) is 29.6 Å². The molecule has 2 amide bonds. The van der Waals surface area contributed by atoms with E-state index < -0.39 is 0 Å². The molecule has 180 valence electrons. The SMILES string of the molecule is CC1CN(c2ccc(CNC(=O)N(C)C(C)c3ccc(-n4cncn4)cc3)cc2F)CC(C)O1. The molecular formula is C25H31FN6O2. The first-order chi connectivity index (χ1) is 16.3. The fourth-order valence-corrected chi connectivity index (χ4v) is 4.24. The lowest BCUT2D eigenvalue weighted by Gasteiger charge is -2.37. The summed E-state index contributed by atoms with van der Waals surface area (Å²) < 4.78 is 22.3. The van der Waals surface area contributed by atoms with Crippen LogP contribution in [0, 0.1) is 5.82 Å². The second kappa shape index (κ2) is 10.2. The molecule has 3 aromatic rings. The zero-order valence-corrected chi connectivity index (χ0v) is 20.0. The third kappa shape index (κ3) is 5.36. The fourth-order valence-electron chi connectivity index (χ4n) is 4.24. The Bertz CT molecular complexity index is 1100. The van der Waals surface area contributed by atoms with Crippen LogP contribution >= 0.6 is 0 Å². The normalized spacial score (nSPS) is 19.0. The standard InChI is InChI=1S/C25H31FN6O2/c1-17-13-31(14-18(2)34-17)24-10-5-20(11-23(24)26)12-28-25(33)30(4)19(3)21-6-8-22(9-7-21)32-16-27-15-29-32/h5-11,15-19H,12-14H2,1-4H3,(H,28,33). The molecule has 1 saturated heterocycles. The molecule has 34 heavy (non-hydrogen) atoms. The second-order valence-corrected chi connectivity index (χ2v) is 8.83. The van der Waals surface area contributed by atoms with Crippen LogP contribution in [-0.4, -0.2) is 58.0 Å². The van der Waals surface area contributed by atoms with Crippen molar-refractivity contribution < 1.29 is 13.9 Å². The minimum Gasteiger partial charge on any atom is -0.372 e. The molecule has 3 unspecified atom stereocenters. The molecule has 3 atom stereocenters. The number of ether oxygens (including phenoxy) is 1. The monoisotopic (exact) mass is 466 g/mol. The summed E-state index contributed by atoms with van der Waals surface area (Å²) >= 11 is 0. The second-order valence-electron chi connectivity index (χ2n) is 8.83. The van der Waals surface area contributed by atoms with Crippen LogP contribution in [0.1, 0.15) is 37.9 Å². The summed E-state index contributed by atoms with van der Waals surface area (Å²) in [4.78, 5) is 20.3. The summed E-state index contributed by atoms with van der Waals surface area (Å²) in [5.74, 6) is -0.290. The minimum atomic E-state index is -0.290. The first-order valence-electron chi connectivity index (χ1n) is 11.5. The molecule has 1 N–H and O–H groups in total. The number of anilines is 1. The molecule has 0 radical (unpaired) electrons. The number of hydrogen-bond acceptors (Lipinski definition) is 5. The number of benzene rings is 2. The van der Waals surface area contributed by atoms with E-state index >= 15 is 0 Å². The Balaban J connectivity index is 1.34. The number of morpholine rings is 1. The number of carbonyl (C=O) groups excluding carboxylic acids is 1. The van der Waals surface area contributed by atoms with E-state index in [2.05, 4.69) is 15.4 Å². The highest BCUT2D eigenvalue weighted by Crippen LogP contribution is 2.25. The lowest BCUT2D eigenvalue weighted by atomic mass is 10.1. The Labute approximate surface area is 199 Å². The van der Waals surface area contributed by atoms with Crippen LogP contribution in [-0.2, 0) is 11.3 Å². The number of halogens is 1. The first kappa shape index (κ1) is 23.7. The summed E-state index contributed by atoms with van der Waals surface area (Å²) in [5, 5.41) is 7.01. The van der Waals surface area contributed by atoms with Gasteiger partial charge in [-0.2, -0.15) is 5.10 Å². The molecule has 0 saturated carbocycles. The van der Waals surface area contributed by atoms with Gasteiger partial charge in [-0.05, 0) is 56.2 Å². The molecule has 9 heteroatoms. The maximum absolute atomic E-state index is 14.8. The summed E-state index contributed by atoms with van der Waals surface area (Å²) in [6, 6.07) is 12.6.